The van der Waals surface area contributed by atoms with Crippen LogP contribution in [0.5, 0.6) is 0 Å². The van der Waals surface area contributed by atoms with Crippen molar-refractivity contribution in [3.8, 4) is 22.3 Å². The topological polar surface area (TPSA) is 231 Å². The number of carbonyl (C=O) groups excluding carboxylic acids is 5. The van der Waals surface area contributed by atoms with E-state index >= 15 is 0 Å². The summed E-state index contributed by atoms with van der Waals surface area (Å²) in [6.45, 7) is 12.0. The highest BCUT2D eigenvalue weighted by Gasteiger charge is 2.25. The second-order valence-electron chi connectivity index (χ2n) is 23.2. The van der Waals surface area contributed by atoms with Gasteiger partial charge in [-0.3, -0.25) is 33.9 Å². The van der Waals surface area contributed by atoms with Crippen LogP contribution < -0.4 is 32.8 Å². The van der Waals surface area contributed by atoms with Crippen molar-refractivity contribution in [1.82, 2.24) is 19.1 Å². The average molecular weight is 1450 g/mol. The fourth-order valence-electron chi connectivity index (χ4n) is 11.4. The lowest BCUT2D eigenvalue weighted by atomic mass is 9.86. The number of benzene rings is 7. The van der Waals surface area contributed by atoms with Gasteiger partial charge in [-0.15, -0.1) is 0 Å². The van der Waals surface area contributed by atoms with E-state index in [1.807, 2.05) is 65.5 Å². The summed E-state index contributed by atoms with van der Waals surface area (Å²) in [4.78, 5) is 70.3. The van der Waals surface area contributed by atoms with Crippen LogP contribution in [0.15, 0.2) is 201 Å². The van der Waals surface area contributed by atoms with Gasteiger partial charge in [0.25, 0.3) is 0 Å². The Labute approximate surface area is 585 Å². The molecule has 15 nitrogen and oxygen atoms in total. The summed E-state index contributed by atoms with van der Waals surface area (Å²) < 4.78 is 107. The third kappa shape index (κ3) is 21.2. The molecule has 0 saturated carbocycles. The zero-order valence-electron chi connectivity index (χ0n) is 55.4. The number of primary amides is 2. The maximum Gasteiger partial charge on any atom is 0.325 e. The molecule has 0 unspecified atom stereocenters. The smallest absolute Gasteiger partial charge is 0.325 e. The molecule has 0 bridgehead atoms. The lowest BCUT2D eigenvalue weighted by Crippen LogP contribution is -2.73. The zero-order valence-corrected chi connectivity index (χ0v) is 57.0. The number of nitrogens with zero attached hydrogens (tertiary/aromatic N) is 4. The molecule has 0 radical (unpaired) electrons. The highest BCUT2D eigenvalue weighted by molar-refractivity contribution is 9.09. The summed E-state index contributed by atoms with van der Waals surface area (Å²) in [6, 6.07) is 44.0. The summed E-state index contributed by atoms with van der Waals surface area (Å²) in [6.07, 6.45) is 5.41. The molecule has 2 amide bonds. The summed E-state index contributed by atoms with van der Waals surface area (Å²) in [5.41, 5.74) is 26.7. The van der Waals surface area contributed by atoms with E-state index in [1.165, 1.54) is 60.7 Å². The molecule has 101 heavy (non-hydrogen) atoms. The zero-order chi connectivity index (χ0) is 73.0. The van der Waals surface area contributed by atoms with Gasteiger partial charge in [0.05, 0.1) is 42.4 Å². The van der Waals surface area contributed by atoms with Gasteiger partial charge in [0.1, 0.15) is 52.6 Å². The van der Waals surface area contributed by atoms with Crippen molar-refractivity contribution >= 4 is 73.3 Å². The molecule has 7 N–H and O–H groups in total. The number of hydrogen-bond donors (Lipinski definition) is 4. The highest BCUT2D eigenvalue weighted by atomic mass is 79.9. The fourth-order valence-corrected chi connectivity index (χ4v) is 11.5. The van der Waals surface area contributed by atoms with Crippen molar-refractivity contribution in [2.45, 2.75) is 72.0 Å². The molecule has 1 aliphatic heterocycles. The molecular weight excluding hydrogens is 1370 g/mol. The van der Waals surface area contributed by atoms with Crippen molar-refractivity contribution in [3.63, 3.8) is 0 Å². The van der Waals surface area contributed by atoms with Gasteiger partial charge < -0.3 is 35.8 Å². The third-order valence-corrected chi connectivity index (χ3v) is 16.2. The summed E-state index contributed by atoms with van der Waals surface area (Å²) in [7, 11) is 0. The number of alkyl halides is 1. The molecule has 7 aromatic carbocycles. The van der Waals surface area contributed by atoms with E-state index in [9.17, 15) is 54.7 Å². The van der Waals surface area contributed by atoms with E-state index in [1.54, 1.807) is 93.0 Å². The van der Waals surface area contributed by atoms with Crippen LogP contribution in [-0.2, 0) is 49.8 Å². The van der Waals surface area contributed by atoms with Crippen LogP contribution >= 0.6 is 15.9 Å². The van der Waals surface area contributed by atoms with E-state index in [0.717, 1.165) is 67.3 Å². The molecule has 12 rings (SSSR count). The lowest BCUT2D eigenvalue weighted by Gasteiger charge is -2.20. The number of esters is 2. The number of hydrogen-bond acceptors (Lipinski definition) is 10. The van der Waals surface area contributed by atoms with Crippen molar-refractivity contribution in [1.29, 1.82) is 0 Å². The molecule has 1 aliphatic rings. The number of aromatic nitrogens is 4. The summed E-state index contributed by atoms with van der Waals surface area (Å²) in [5, 5.41) is 3.58. The van der Waals surface area contributed by atoms with E-state index < -0.39 is 47.0 Å². The Morgan fingerprint density at radius 1 is 0.535 bits per heavy atom. The van der Waals surface area contributed by atoms with Crippen LogP contribution in [0.1, 0.15) is 86.8 Å². The molecule has 0 spiro atoms. The number of fused-ring (bicyclic) bond motifs is 3. The van der Waals surface area contributed by atoms with E-state index in [2.05, 4.69) is 42.2 Å². The first-order valence-electron chi connectivity index (χ1n) is 31.7. The number of ether oxygens (including phenoxy) is 2. The maximum absolute atomic E-state index is 14.1. The normalized spacial score (nSPS) is 11.7. The minimum atomic E-state index is -0.711. The highest BCUT2D eigenvalue weighted by Crippen LogP contribution is 2.34. The van der Waals surface area contributed by atoms with Gasteiger partial charge >= 0.3 is 11.9 Å². The van der Waals surface area contributed by atoms with Crippen molar-refractivity contribution in [2.75, 3.05) is 18.5 Å². The standard InChI is InChI=1S/C32H26F3N3O2.C20H17F2N3O.C13H14FNO2.C9H6FN.C4H7BrO2/c1-19-10-23-15-25(33)7-8-30(23)38(19)18-28(39)16-24(11-20-12-26(34)17-27(35)13-20)31-29(6-3-9-37-31)21-4-2-5-22(14-21)32(36)40;21-15-7-12(8-16(22)11-15)9-18(23)19-17(5-2-6-25-19)13-3-1-4-14(10-13)20(24)26;1-3-17-13(16)8-15-9(2)6-10-7-11(14)4-5-12(10)15;1-6-4-7-5-8(10)2-3-9(7)11-6;1-2-7-4(6)3-5/h2-10,12-15,17,24H,11,16,18H2,1H3,(H2,36,40);1-8,10-11,18H,9,23H2,(H2,24,26);4-7H,3,8H2,1-2H3;2-5H,1H2;2-3H2,1H3/p+1/t24-;18-;;;/m10.../s1. The van der Waals surface area contributed by atoms with Crippen molar-refractivity contribution < 1.29 is 69.2 Å². The minimum absolute atomic E-state index is 0.0258. The number of nitrogens with two attached hydrogens (primary N) is 3. The Bertz CT molecular complexity index is 4970. The van der Waals surface area contributed by atoms with Crippen molar-refractivity contribution in [3.05, 3.63) is 297 Å². The van der Waals surface area contributed by atoms with Gasteiger partial charge in [-0.05, 0) is 191 Å². The quantitative estimate of drug-likeness (QED) is 0.0340. The Hall–Kier alpha value is -11.2. The van der Waals surface area contributed by atoms with Crippen LogP contribution in [0.4, 0.5) is 30.7 Å². The number of carbonyl (C=O) groups is 5. The monoisotopic (exact) mass is 1440 g/mol. The van der Waals surface area contributed by atoms with Gasteiger partial charge in [0.15, 0.2) is 11.5 Å². The number of aryl methyl sites for hydroxylation is 2. The molecule has 0 saturated heterocycles. The molecular formula is C78H71BrF7N8O7+. The maximum atomic E-state index is 14.1. The average Bonchev–Trinajstić information content (AvgIpc) is 1.24. The summed E-state index contributed by atoms with van der Waals surface area (Å²) in [5.74, 6) is -5.83. The first-order valence-corrected chi connectivity index (χ1v) is 32.8. The predicted molar refractivity (Wildman–Crippen MR) is 375 cm³/mol. The predicted octanol–water partition coefficient (Wildman–Crippen LogP) is 12.3. The summed E-state index contributed by atoms with van der Waals surface area (Å²) >= 11 is 2.94. The van der Waals surface area contributed by atoms with Gasteiger partial charge in [-0.25, -0.2) is 35.7 Å². The van der Waals surface area contributed by atoms with Crippen LogP contribution in [0.25, 0.3) is 50.1 Å². The fraction of sp³-hybridized carbons (Fsp3) is 0.179. The largest absolute Gasteiger partial charge is 0.465 e. The Balaban J connectivity index is 0.000000181. The molecule has 0 fully saturated rings. The number of amides is 2. The number of ketones is 1. The van der Waals surface area contributed by atoms with Gasteiger partial charge in [0.2, 0.25) is 17.2 Å². The van der Waals surface area contributed by atoms with Gasteiger partial charge in [-0.2, -0.15) is 0 Å². The number of halogens is 8. The first kappa shape index (κ1) is 75.6. The SMILES string of the molecule is C=C1C=c2cc(F)ccc2=[NH+]1.CCOC(=O)CBr.CCOC(=O)Cn1c(C)cc2cc(F)ccc21.Cc1cc2cc(F)ccc2n1CC(=O)C[C@@H](Cc1cc(F)cc(F)c1)c1ncccc1-c1cccc(C(N)=O)c1.NC(=O)c1cccc(-c2cccnc2[C@@H](N)Cc2cc(F)cc(F)c2)c1. The van der Waals surface area contributed by atoms with Crippen molar-refractivity contribution in [2.24, 2.45) is 17.2 Å². The molecule has 2 atom stereocenters. The van der Waals surface area contributed by atoms with Gasteiger partial charge in [-0.1, -0.05) is 52.3 Å². The van der Waals surface area contributed by atoms with E-state index in [-0.39, 0.29) is 67.5 Å². The molecule has 5 heterocycles. The molecule has 23 heteroatoms. The molecule has 4 aromatic heterocycles. The molecule has 0 aliphatic carbocycles. The Kier molecular flexibility index (Phi) is 26.6. The second-order valence-corrected chi connectivity index (χ2v) is 23.8. The van der Waals surface area contributed by atoms with Crippen LogP contribution in [-0.4, -0.2) is 67.2 Å². The minimum Gasteiger partial charge on any atom is -0.465 e. The lowest BCUT2D eigenvalue weighted by molar-refractivity contribution is -0.430. The number of pyridine rings is 2. The Morgan fingerprint density at radius 3 is 1.50 bits per heavy atom. The number of nitrogens with one attached hydrogen (secondary N) is 1. The van der Waals surface area contributed by atoms with Crippen LogP contribution in [0, 0.1) is 54.6 Å². The van der Waals surface area contributed by atoms with Crippen LogP contribution in [0.3, 0.4) is 0 Å². The van der Waals surface area contributed by atoms with E-state index in [4.69, 9.17) is 21.9 Å². The van der Waals surface area contributed by atoms with Gasteiger partial charge in [0, 0.05) is 104 Å². The van der Waals surface area contributed by atoms with Crippen LogP contribution in [0.2, 0.25) is 0 Å². The Morgan fingerprint density at radius 2 is 1.00 bits per heavy atom. The van der Waals surface area contributed by atoms with E-state index in [0.29, 0.717) is 68.7 Å². The molecule has 11 aromatic rings. The molecule has 520 valence electrons. The number of Topliss-reactive ketones (excluding diaryl/α,β-unsaturated/α-hetero) is 1. The first-order chi connectivity index (χ1) is 48.3. The second kappa shape index (κ2) is 35.6. The third-order valence-electron chi connectivity index (χ3n) is 15.7. The number of allylic oxidation sites excluding steroid dienone is 1. The number of rotatable bonds is 19.